The molecule has 0 radical (unpaired) electrons. The molecule has 7 rings (SSSR count). The molecule has 3 aromatic heterocycles. The fourth-order valence-corrected chi connectivity index (χ4v) is 6.25. The number of aromatic nitrogens is 3. The van der Waals surface area contributed by atoms with Crippen molar-refractivity contribution < 1.29 is 23.8 Å². The molecule has 1 atom stereocenters. The van der Waals surface area contributed by atoms with Gasteiger partial charge < -0.3 is 23.6 Å². The van der Waals surface area contributed by atoms with Crippen molar-refractivity contribution in [3.05, 3.63) is 88.6 Å². The number of ether oxygens (including phenoxy) is 2. The summed E-state index contributed by atoms with van der Waals surface area (Å²) in [5.74, 6) is 1.65. The molecule has 5 heterocycles. The fourth-order valence-electron chi connectivity index (χ4n) is 6.25. The highest BCUT2D eigenvalue weighted by Gasteiger charge is 2.26. The summed E-state index contributed by atoms with van der Waals surface area (Å²) in [6.45, 7) is 6.12. The maximum absolute atomic E-state index is 11.6. The van der Waals surface area contributed by atoms with Gasteiger partial charge in [-0.3, -0.25) is 4.90 Å². The molecule has 44 heavy (non-hydrogen) atoms. The lowest BCUT2D eigenvalue weighted by Gasteiger charge is -2.32. The van der Waals surface area contributed by atoms with Crippen LogP contribution in [0.15, 0.2) is 59.0 Å². The Kier molecular flexibility index (Phi) is 7.50. The van der Waals surface area contributed by atoms with E-state index in [2.05, 4.69) is 21.6 Å². The Morgan fingerprint density at radius 2 is 1.95 bits per heavy atom. The van der Waals surface area contributed by atoms with E-state index < -0.39 is 5.97 Å². The van der Waals surface area contributed by atoms with Gasteiger partial charge in [0.15, 0.2) is 0 Å². The Morgan fingerprint density at radius 1 is 1.11 bits per heavy atom. The van der Waals surface area contributed by atoms with Gasteiger partial charge in [0, 0.05) is 35.2 Å². The highest BCUT2D eigenvalue weighted by Crippen LogP contribution is 2.31. The standard InChI is InChI=1S/C34H33N5O5/c1-21-15-27-24(17-35)5-6-25(33(27)44-21)20-43-32-4-2-3-28(37-32)22-9-12-38(13-10-22)19-31-36-29-8-7-23(34(40)41)16-30(29)39(31)18-26-11-14-42-26/h2-8,15-16,22,26H,9-14,18-20H2,1H3,(H,40,41)/t26-/m0/s1. The molecule has 2 aromatic carbocycles. The summed E-state index contributed by atoms with van der Waals surface area (Å²) in [5.41, 5.74) is 5.09. The topological polar surface area (TPSA) is 127 Å². The summed E-state index contributed by atoms with van der Waals surface area (Å²) >= 11 is 0. The Balaban J connectivity index is 1.01. The van der Waals surface area contributed by atoms with Crippen molar-refractivity contribution in [2.75, 3.05) is 19.7 Å². The molecular formula is C34H33N5O5. The van der Waals surface area contributed by atoms with Crippen LogP contribution in [-0.2, 0) is 24.4 Å². The first-order valence-corrected chi connectivity index (χ1v) is 15.0. The smallest absolute Gasteiger partial charge is 0.335 e. The number of fused-ring (bicyclic) bond motifs is 2. The minimum Gasteiger partial charge on any atom is -0.478 e. The molecule has 0 saturated carbocycles. The van der Waals surface area contributed by atoms with E-state index in [-0.39, 0.29) is 11.7 Å². The Hall–Kier alpha value is -4.72. The van der Waals surface area contributed by atoms with Crippen LogP contribution in [-0.4, -0.2) is 56.3 Å². The second kappa shape index (κ2) is 11.8. The van der Waals surface area contributed by atoms with Gasteiger partial charge in [0.25, 0.3) is 0 Å². The first kappa shape index (κ1) is 28.1. The van der Waals surface area contributed by atoms with Crippen LogP contribution in [0.1, 0.15) is 63.9 Å². The van der Waals surface area contributed by atoms with Crippen LogP contribution in [0.25, 0.3) is 22.0 Å². The maximum Gasteiger partial charge on any atom is 0.335 e. The van der Waals surface area contributed by atoms with Crippen molar-refractivity contribution >= 4 is 28.0 Å². The van der Waals surface area contributed by atoms with E-state index in [0.717, 1.165) is 78.2 Å². The molecular weight excluding hydrogens is 558 g/mol. The predicted octanol–water partition coefficient (Wildman–Crippen LogP) is 5.80. The zero-order valence-electron chi connectivity index (χ0n) is 24.5. The van der Waals surface area contributed by atoms with Crippen LogP contribution >= 0.6 is 0 Å². The van der Waals surface area contributed by atoms with Gasteiger partial charge in [-0.1, -0.05) is 12.1 Å². The van der Waals surface area contributed by atoms with Crippen molar-refractivity contribution in [1.29, 1.82) is 5.26 Å². The van der Waals surface area contributed by atoms with Crippen LogP contribution in [0.5, 0.6) is 5.88 Å². The zero-order chi connectivity index (χ0) is 30.2. The molecule has 0 amide bonds. The van der Waals surface area contributed by atoms with Gasteiger partial charge in [0.1, 0.15) is 23.8 Å². The van der Waals surface area contributed by atoms with E-state index in [1.165, 1.54) is 0 Å². The van der Waals surface area contributed by atoms with Crippen molar-refractivity contribution in [1.82, 2.24) is 19.4 Å². The number of pyridine rings is 1. The van der Waals surface area contributed by atoms with Crippen molar-refractivity contribution in [2.45, 2.75) is 57.9 Å². The van der Waals surface area contributed by atoms with Crippen molar-refractivity contribution in [3.8, 4) is 11.9 Å². The van der Waals surface area contributed by atoms with Crippen LogP contribution in [0, 0.1) is 18.3 Å². The number of aromatic carboxylic acids is 1. The lowest BCUT2D eigenvalue weighted by Crippen LogP contribution is -2.35. The number of likely N-dealkylation sites (tertiary alicyclic amines) is 1. The average Bonchev–Trinajstić information content (AvgIpc) is 3.57. The van der Waals surface area contributed by atoms with Gasteiger partial charge in [-0.15, -0.1) is 0 Å². The largest absolute Gasteiger partial charge is 0.478 e. The summed E-state index contributed by atoms with van der Waals surface area (Å²) in [5, 5.41) is 19.8. The molecule has 0 unspecified atom stereocenters. The molecule has 224 valence electrons. The summed E-state index contributed by atoms with van der Waals surface area (Å²) in [4.78, 5) is 23.8. The number of rotatable bonds is 9. The minimum absolute atomic E-state index is 0.136. The van der Waals surface area contributed by atoms with E-state index in [1.807, 2.05) is 31.2 Å². The van der Waals surface area contributed by atoms with Gasteiger partial charge in [-0.05, 0) is 75.7 Å². The fraction of sp³-hybridized carbons (Fsp3) is 0.353. The summed E-state index contributed by atoms with van der Waals surface area (Å²) in [7, 11) is 0. The van der Waals surface area contributed by atoms with E-state index >= 15 is 0 Å². The van der Waals surface area contributed by atoms with Gasteiger partial charge >= 0.3 is 5.97 Å². The zero-order valence-corrected chi connectivity index (χ0v) is 24.5. The normalized spacial score (nSPS) is 17.5. The third kappa shape index (κ3) is 5.52. The molecule has 5 aromatic rings. The SMILES string of the molecule is Cc1cc2c(C#N)ccc(COc3cccc(C4CCN(Cc5nc6ccc(C(=O)O)cc6n5C[C@@H]5CCO5)CC4)n3)c2o1. The minimum atomic E-state index is -0.939. The van der Waals surface area contributed by atoms with Gasteiger partial charge in [0.05, 0.1) is 47.4 Å². The van der Waals surface area contributed by atoms with Gasteiger partial charge in [0.2, 0.25) is 5.88 Å². The number of carboxylic acids is 1. The number of carboxylic acid groups (broad SMARTS) is 1. The molecule has 0 spiro atoms. The Morgan fingerprint density at radius 3 is 2.70 bits per heavy atom. The number of hydrogen-bond donors (Lipinski definition) is 1. The number of imidazole rings is 1. The number of furan rings is 1. The Bertz CT molecular complexity index is 1890. The maximum atomic E-state index is 11.6. The summed E-state index contributed by atoms with van der Waals surface area (Å²) in [6.07, 6.45) is 3.07. The van der Waals surface area contributed by atoms with Gasteiger partial charge in [-0.2, -0.15) is 5.26 Å². The van der Waals surface area contributed by atoms with E-state index in [1.54, 1.807) is 24.3 Å². The number of piperidine rings is 1. The van der Waals surface area contributed by atoms with E-state index in [4.69, 9.17) is 23.9 Å². The van der Waals surface area contributed by atoms with Crippen LogP contribution in [0.2, 0.25) is 0 Å². The molecule has 0 bridgehead atoms. The number of aryl methyl sites for hydroxylation is 1. The number of hydrogen-bond acceptors (Lipinski definition) is 8. The van der Waals surface area contributed by atoms with Crippen molar-refractivity contribution in [2.24, 2.45) is 0 Å². The second-order valence-electron chi connectivity index (χ2n) is 11.7. The van der Waals surface area contributed by atoms with E-state index in [0.29, 0.717) is 42.6 Å². The third-order valence-corrected chi connectivity index (χ3v) is 8.75. The average molecular weight is 592 g/mol. The summed E-state index contributed by atoms with van der Waals surface area (Å²) in [6, 6.07) is 18.9. The molecule has 10 heteroatoms. The first-order chi connectivity index (χ1) is 21.4. The molecule has 0 aliphatic carbocycles. The van der Waals surface area contributed by atoms with E-state index in [9.17, 15) is 15.2 Å². The molecule has 2 fully saturated rings. The van der Waals surface area contributed by atoms with Gasteiger partial charge in [-0.25, -0.2) is 14.8 Å². The van der Waals surface area contributed by atoms with Crippen molar-refractivity contribution in [3.63, 3.8) is 0 Å². The molecule has 2 aliphatic rings. The number of nitrogens with zero attached hydrogens (tertiary/aromatic N) is 5. The van der Waals surface area contributed by atoms with Crippen LogP contribution in [0.4, 0.5) is 0 Å². The number of nitriles is 1. The highest BCUT2D eigenvalue weighted by atomic mass is 16.5. The first-order valence-electron chi connectivity index (χ1n) is 15.0. The quantitative estimate of drug-likeness (QED) is 0.226. The number of carbonyl (C=O) groups is 1. The lowest BCUT2D eigenvalue weighted by atomic mass is 9.93. The van der Waals surface area contributed by atoms with Crippen LogP contribution in [0.3, 0.4) is 0 Å². The predicted molar refractivity (Wildman–Crippen MR) is 163 cm³/mol. The number of benzene rings is 2. The molecule has 2 aliphatic heterocycles. The third-order valence-electron chi connectivity index (χ3n) is 8.75. The summed E-state index contributed by atoms with van der Waals surface area (Å²) < 4.78 is 19.8. The lowest BCUT2D eigenvalue weighted by molar-refractivity contribution is -0.0592. The monoisotopic (exact) mass is 591 g/mol. The highest BCUT2D eigenvalue weighted by molar-refractivity contribution is 5.92. The Labute approximate surface area is 254 Å². The molecule has 2 saturated heterocycles. The molecule has 1 N–H and O–H groups in total. The van der Waals surface area contributed by atoms with Crippen LogP contribution < -0.4 is 4.74 Å². The second-order valence-corrected chi connectivity index (χ2v) is 11.7. The molecule has 10 nitrogen and oxygen atoms in total.